The number of alkyl halides is 1. The monoisotopic (exact) mass is 474 g/mol. The van der Waals surface area contributed by atoms with E-state index in [1.165, 1.54) is 24.3 Å². The number of anilines is 1. The van der Waals surface area contributed by atoms with E-state index >= 15 is 4.39 Å². The van der Waals surface area contributed by atoms with Crippen molar-refractivity contribution in [2.75, 3.05) is 18.3 Å². The highest BCUT2D eigenvalue weighted by Gasteiger charge is 2.59. The second-order valence-corrected chi connectivity index (χ2v) is 11.1. The summed E-state index contributed by atoms with van der Waals surface area (Å²) in [7, 11) is -6.15. The van der Waals surface area contributed by atoms with Crippen molar-refractivity contribution in [3.05, 3.63) is 53.6 Å². The van der Waals surface area contributed by atoms with Gasteiger partial charge >= 0.3 is 0 Å². The number of hydrogen-bond acceptors (Lipinski definition) is 5. The van der Waals surface area contributed by atoms with Gasteiger partial charge in [-0.15, -0.1) is 0 Å². The molecule has 6 nitrogen and oxygen atoms in total. The first-order chi connectivity index (χ1) is 14.7. The molecule has 3 N–H and O–H groups in total. The summed E-state index contributed by atoms with van der Waals surface area (Å²) in [6, 6.07) is 5.78. The molecule has 31 heavy (non-hydrogen) atoms. The van der Waals surface area contributed by atoms with E-state index in [4.69, 9.17) is 10.5 Å². The van der Waals surface area contributed by atoms with Gasteiger partial charge < -0.3 is 10.5 Å². The number of fused-ring (bicyclic) bond motifs is 3. The van der Waals surface area contributed by atoms with Crippen molar-refractivity contribution in [2.24, 2.45) is 5.92 Å². The molecule has 1 aliphatic heterocycles. The molecule has 3 unspecified atom stereocenters. The Morgan fingerprint density at radius 2 is 1.84 bits per heavy atom. The topological polar surface area (TPSA) is 98.5 Å². The van der Waals surface area contributed by atoms with Gasteiger partial charge in [-0.05, 0) is 55.7 Å². The maximum atomic E-state index is 15.1. The van der Waals surface area contributed by atoms with Gasteiger partial charge in [-0.1, -0.05) is 0 Å². The van der Waals surface area contributed by atoms with Crippen molar-refractivity contribution in [1.29, 1.82) is 0 Å². The predicted molar refractivity (Wildman–Crippen MR) is 110 cm³/mol. The van der Waals surface area contributed by atoms with E-state index < -0.39 is 60.9 Å². The molecule has 1 heterocycles. The fourth-order valence-electron chi connectivity index (χ4n) is 4.70. The molecule has 4 atom stereocenters. The zero-order valence-corrected chi connectivity index (χ0v) is 17.9. The van der Waals surface area contributed by atoms with Gasteiger partial charge in [0.2, 0.25) is 0 Å². The van der Waals surface area contributed by atoms with Crippen molar-refractivity contribution < 1.29 is 30.5 Å². The van der Waals surface area contributed by atoms with E-state index in [2.05, 4.69) is 4.72 Å². The van der Waals surface area contributed by atoms with Crippen LogP contribution in [0.5, 0.6) is 5.75 Å². The molecule has 11 heteroatoms. The van der Waals surface area contributed by atoms with E-state index in [9.17, 15) is 21.4 Å². The third-order valence-corrected chi connectivity index (χ3v) is 9.46. The molecule has 168 valence electrons. The average Bonchev–Trinajstić information content (AvgIpc) is 2.75. The van der Waals surface area contributed by atoms with Gasteiger partial charge in [-0.2, -0.15) is 0 Å². The molecule has 0 bridgehead atoms. The highest BCUT2D eigenvalue weighted by Crippen LogP contribution is 2.56. The first-order valence-corrected chi connectivity index (χ1v) is 12.4. The lowest BCUT2D eigenvalue weighted by Gasteiger charge is -2.49. The maximum absolute atomic E-state index is 15.1. The third-order valence-electron chi connectivity index (χ3n) is 6.07. The van der Waals surface area contributed by atoms with Crippen LogP contribution in [0.15, 0.2) is 41.3 Å². The Morgan fingerprint density at radius 1 is 1.16 bits per heavy atom. The van der Waals surface area contributed by atoms with Crippen LogP contribution in [-0.4, -0.2) is 31.3 Å². The Balaban J connectivity index is 1.89. The first kappa shape index (κ1) is 22.1. The van der Waals surface area contributed by atoms with Gasteiger partial charge in [-0.3, -0.25) is 0 Å². The van der Waals surface area contributed by atoms with Gasteiger partial charge in [0.15, 0.2) is 27.4 Å². The quantitative estimate of drug-likeness (QED) is 0.650. The molecule has 0 amide bonds. The van der Waals surface area contributed by atoms with Crippen LogP contribution in [0.25, 0.3) is 0 Å². The van der Waals surface area contributed by atoms with Gasteiger partial charge in [-0.25, -0.2) is 30.5 Å². The fourth-order valence-corrected chi connectivity index (χ4v) is 7.71. The Hall–Kier alpha value is -2.11. The van der Waals surface area contributed by atoms with E-state index in [0.717, 1.165) is 12.1 Å². The van der Waals surface area contributed by atoms with Gasteiger partial charge in [0.1, 0.15) is 21.5 Å². The third kappa shape index (κ3) is 3.52. The lowest BCUT2D eigenvalue weighted by atomic mass is 9.71. The van der Waals surface area contributed by atoms with Crippen molar-refractivity contribution in [2.45, 2.75) is 34.9 Å². The van der Waals surface area contributed by atoms with Gasteiger partial charge in [0.05, 0.1) is 17.1 Å². The minimum absolute atomic E-state index is 0.0676. The summed E-state index contributed by atoms with van der Waals surface area (Å²) in [6.45, 7) is -0.179. The van der Waals surface area contributed by atoms with Crippen LogP contribution in [0.1, 0.15) is 24.8 Å². The summed E-state index contributed by atoms with van der Waals surface area (Å²) in [5.74, 6) is -2.91. The SMILES string of the molecule is Nc1ccc(S(=O)(=O)[C@@]23CCC(NS(=O)CF)CC2COc2c(F)ccc(F)c23)cc1. The smallest absolute Gasteiger partial charge is 0.188 e. The van der Waals surface area contributed by atoms with Gasteiger partial charge in [0, 0.05) is 17.6 Å². The molecule has 0 aromatic heterocycles. The zero-order chi connectivity index (χ0) is 22.4. The van der Waals surface area contributed by atoms with Crippen molar-refractivity contribution in [3.63, 3.8) is 0 Å². The minimum Gasteiger partial charge on any atom is -0.490 e. The first-order valence-electron chi connectivity index (χ1n) is 9.62. The van der Waals surface area contributed by atoms with Crippen LogP contribution in [0.4, 0.5) is 18.9 Å². The van der Waals surface area contributed by atoms with Gasteiger partial charge in [0.25, 0.3) is 0 Å². The number of benzene rings is 2. The van der Waals surface area contributed by atoms with Crippen LogP contribution in [0.2, 0.25) is 0 Å². The molecule has 2 aliphatic rings. The number of nitrogens with one attached hydrogen (secondary N) is 1. The second-order valence-electron chi connectivity index (χ2n) is 7.75. The second kappa shape index (κ2) is 8.10. The van der Waals surface area contributed by atoms with Crippen LogP contribution >= 0.6 is 0 Å². The van der Waals surface area contributed by atoms with Crippen molar-refractivity contribution >= 4 is 26.5 Å². The number of ether oxygens (including phenoxy) is 1. The van der Waals surface area contributed by atoms with E-state index in [-0.39, 0.29) is 36.3 Å². The highest BCUT2D eigenvalue weighted by atomic mass is 32.2. The molecule has 1 fully saturated rings. The number of nitrogen functional groups attached to an aromatic ring is 1. The number of hydrogen-bond donors (Lipinski definition) is 2. The fraction of sp³-hybridized carbons (Fsp3) is 0.400. The molecule has 1 aliphatic carbocycles. The molecule has 2 aromatic carbocycles. The summed E-state index contributed by atoms with van der Waals surface area (Å²) in [5.41, 5.74) is 5.72. The Morgan fingerprint density at radius 3 is 2.52 bits per heavy atom. The highest BCUT2D eigenvalue weighted by molar-refractivity contribution is 7.92. The molecule has 0 saturated heterocycles. The lowest BCUT2D eigenvalue weighted by molar-refractivity contribution is 0.113. The number of halogens is 3. The molecule has 2 aromatic rings. The minimum atomic E-state index is -4.23. The van der Waals surface area contributed by atoms with Crippen molar-refractivity contribution in [1.82, 2.24) is 4.72 Å². The van der Waals surface area contributed by atoms with Crippen molar-refractivity contribution in [3.8, 4) is 5.75 Å². The molecule has 0 radical (unpaired) electrons. The number of rotatable bonds is 5. The molecule has 1 saturated carbocycles. The lowest BCUT2D eigenvalue weighted by Crippen LogP contribution is -2.55. The van der Waals surface area contributed by atoms with E-state index in [1.54, 1.807) is 0 Å². The molecular weight excluding hydrogens is 453 g/mol. The normalized spacial score (nSPS) is 26.4. The van der Waals surface area contributed by atoms with Crippen LogP contribution < -0.4 is 15.2 Å². The number of sulfone groups is 1. The summed E-state index contributed by atoms with van der Waals surface area (Å²) in [5, 5.41) is 0. The summed E-state index contributed by atoms with van der Waals surface area (Å²) in [4.78, 5) is -0.0676. The van der Waals surface area contributed by atoms with E-state index in [1.807, 2.05) is 0 Å². The average molecular weight is 475 g/mol. The standard InChI is InChI=1S/C20H21F3N2O4S2/c21-11-30(26)25-14-7-8-20(31(27,28)15-3-1-13(24)2-4-15)12(9-14)10-29-19-17(23)6-5-16(22)18(19)20/h1-6,12,14,25H,7-11,24H2/t12?,14?,20-,30?/m0/s1. The zero-order valence-electron chi connectivity index (χ0n) is 16.3. The van der Waals surface area contributed by atoms with Crippen LogP contribution in [-0.2, 0) is 25.6 Å². The molecule has 4 rings (SSSR count). The largest absolute Gasteiger partial charge is 0.490 e. The molecule has 0 spiro atoms. The Bertz CT molecular complexity index is 1130. The summed E-state index contributed by atoms with van der Waals surface area (Å²) in [6.07, 6.45) is 0.226. The molecular formula is C20H21F3N2O4S2. The predicted octanol–water partition coefficient (Wildman–Crippen LogP) is 2.96. The van der Waals surface area contributed by atoms with E-state index in [0.29, 0.717) is 5.69 Å². The Kier molecular flexibility index (Phi) is 5.78. The van der Waals surface area contributed by atoms with Crippen LogP contribution in [0, 0.1) is 17.6 Å². The number of nitrogens with two attached hydrogens (primary N) is 1. The summed E-state index contributed by atoms with van der Waals surface area (Å²) >= 11 is 0. The Labute approximate surface area is 180 Å². The maximum Gasteiger partial charge on any atom is 0.188 e. The van der Waals surface area contributed by atoms with Crippen LogP contribution in [0.3, 0.4) is 0 Å². The summed E-state index contributed by atoms with van der Waals surface area (Å²) < 4.78 is 88.1.